The van der Waals surface area contributed by atoms with Crippen LogP contribution in [0.3, 0.4) is 0 Å². The minimum Gasteiger partial charge on any atom is -0.298 e. The van der Waals surface area contributed by atoms with Gasteiger partial charge < -0.3 is 0 Å². The molecule has 0 aromatic heterocycles. The fourth-order valence-electron chi connectivity index (χ4n) is 1.87. The number of Topliss-reactive ketones (excluding diaryl/α,β-unsaturated/α-hetero) is 1. The van der Waals surface area contributed by atoms with Gasteiger partial charge in [-0.15, -0.1) is 11.8 Å². The van der Waals surface area contributed by atoms with E-state index in [4.69, 9.17) is 0 Å². The molecule has 1 nitrogen and oxygen atoms in total. The summed E-state index contributed by atoms with van der Waals surface area (Å²) < 4.78 is 0. The van der Waals surface area contributed by atoms with Crippen LogP contribution in [0.4, 0.5) is 0 Å². The zero-order valence-corrected chi connectivity index (χ0v) is 12.2. The second-order valence-electron chi connectivity index (χ2n) is 4.74. The highest BCUT2D eigenvalue weighted by Crippen LogP contribution is 2.19. The molecule has 0 saturated heterocycles. The summed E-state index contributed by atoms with van der Waals surface area (Å²) in [5.74, 6) is 0.817. The van der Waals surface area contributed by atoms with Crippen molar-refractivity contribution in [2.24, 2.45) is 0 Å². The van der Waals surface area contributed by atoms with Crippen molar-refractivity contribution < 1.29 is 4.79 Å². The number of ketones is 1. The third kappa shape index (κ3) is 4.25. The number of benzene rings is 2. The maximum Gasteiger partial charge on any atom is 0.147 e. The lowest BCUT2D eigenvalue weighted by molar-refractivity contribution is -0.116. The van der Waals surface area contributed by atoms with Gasteiger partial charge in [0.2, 0.25) is 0 Å². The van der Waals surface area contributed by atoms with Gasteiger partial charge in [-0.2, -0.15) is 0 Å². The number of rotatable bonds is 5. The molecule has 0 heterocycles. The number of aryl methyl sites for hydroxylation is 2. The van der Waals surface area contributed by atoms with Crippen LogP contribution >= 0.6 is 11.8 Å². The van der Waals surface area contributed by atoms with E-state index in [0.717, 1.165) is 10.5 Å². The van der Waals surface area contributed by atoms with Gasteiger partial charge in [-0.25, -0.2) is 0 Å². The normalized spacial score (nSPS) is 10.4. The minimum atomic E-state index is 0.278. The molecule has 0 spiro atoms. The second kappa shape index (κ2) is 6.58. The van der Waals surface area contributed by atoms with Gasteiger partial charge in [-0.3, -0.25) is 4.79 Å². The van der Waals surface area contributed by atoms with Gasteiger partial charge in [-0.1, -0.05) is 42.0 Å². The standard InChI is InChI=1S/C17H18OS/c1-13-7-9-17(10-8-13)19-12-16(18)11-15-6-4-3-5-14(15)2/h3-10H,11-12H2,1-2H3. The fraction of sp³-hybridized carbons (Fsp3) is 0.235. The van der Waals surface area contributed by atoms with Gasteiger partial charge in [0.25, 0.3) is 0 Å². The van der Waals surface area contributed by atoms with Crippen LogP contribution in [0.1, 0.15) is 16.7 Å². The van der Waals surface area contributed by atoms with Crippen LogP contribution in [0.15, 0.2) is 53.4 Å². The Hall–Kier alpha value is -1.54. The fourth-order valence-corrected chi connectivity index (χ4v) is 2.63. The number of carbonyl (C=O) groups is 1. The first-order valence-corrected chi connectivity index (χ1v) is 7.39. The van der Waals surface area contributed by atoms with Gasteiger partial charge >= 0.3 is 0 Å². The first-order valence-electron chi connectivity index (χ1n) is 6.41. The maximum absolute atomic E-state index is 12.0. The maximum atomic E-state index is 12.0. The van der Waals surface area contributed by atoms with E-state index in [9.17, 15) is 4.79 Å². The zero-order chi connectivity index (χ0) is 13.7. The van der Waals surface area contributed by atoms with E-state index in [0.29, 0.717) is 12.2 Å². The van der Waals surface area contributed by atoms with Crippen LogP contribution in [0.2, 0.25) is 0 Å². The average Bonchev–Trinajstić information content (AvgIpc) is 2.41. The van der Waals surface area contributed by atoms with Crippen molar-refractivity contribution in [3.8, 4) is 0 Å². The molecule has 2 rings (SSSR count). The van der Waals surface area contributed by atoms with Crippen molar-refractivity contribution in [3.05, 3.63) is 65.2 Å². The summed E-state index contributed by atoms with van der Waals surface area (Å²) in [6.45, 7) is 4.12. The minimum absolute atomic E-state index is 0.278. The Balaban J connectivity index is 1.88. The number of thioether (sulfide) groups is 1. The lowest BCUT2D eigenvalue weighted by atomic mass is 10.0. The Morgan fingerprint density at radius 3 is 2.37 bits per heavy atom. The largest absolute Gasteiger partial charge is 0.298 e. The van der Waals surface area contributed by atoms with Crippen LogP contribution in [0.25, 0.3) is 0 Å². The summed E-state index contributed by atoms with van der Waals surface area (Å²) >= 11 is 1.61. The Bertz CT molecular complexity index is 558. The number of hydrogen-bond donors (Lipinski definition) is 0. The molecule has 0 saturated carbocycles. The smallest absolute Gasteiger partial charge is 0.147 e. The van der Waals surface area contributed by atoms with E-state index in [-0.39, 0.29) is 5.78 Å². The average molecular weight is 270 g/mol. The molecule has 0 radical (unpaired) electrons. The van der Waals surface area contributed by atoms with Crippen LogP contribution in [-0.2, 0) is 11.2 Å². The van der Waals surface area contributed by atoms with Gasteiger partial charge in [0.05, 0.1) is 5.75 Å². The predicted octanol–water partition coefficient (Wildman–Crippen LogP) is 4.21. The highest BCUT2D eigenvalue weighted by atomic mass is 32.2. The third-order valence-electron chi connectivity index (χ3n) is 3.07. The first-order chi connectivity index (χ1) is 9.15. The molecule has 98 valence electrons. The molecular weight excluding hydrogens is 252 g/mol. The summed E-state index contributed by atoms with van der Waals surface area (Å²) in [5.41, 5.74) is 3.57. The van der Waals surface area contributed by atoms with E-state index in [1.165, 1.54) is 11.1 Å². The molecule has 2 aromatic rings. The van der Waals surface area contributed by atoms with Gasteiger partial charge in [-0.05, 0) is 37.1 Å². The molecule has 0 atom stereocenters. The van der Waals surface area contributed by atoms with E-state index >= 15 is 0 Å². The molecule has 0 amide bonds. The van der Waals surface area contributed by atoms with Crippen molar-refractivity contribution in [2.75, 3.05) is 5.75 Å². The lowest BCUT2D eigenvalue weighted by Crippen LogP contribution is -2.06. The van der Waals surface area contributed by atoms with Crippen molar-refractivity contribution in [1.29, 1.82) is 0 Å². The Kier molecular flexibility index (Phi) is 4.80. The van der Waals surface area contributed by atoms with E-state index < -0.39 is 0 Å². The summed E-state index contributed by atoms with van der Waals surface area (Å²) in [5, 5.41) is 0. The molecule has 0 unspecified atom stereocenters. The predicted molar refractivity (Wildman–Crippen MR) is 81.8 cm³/mol. The van der Waals surface area contributed by atoms with Gasteiger partial charge in [0.1, 0.15) is 5.78 Å². The molecule has 0 N–H and O–H groups in total. The van der Waals surface area contributed by atoms with E-state index in [2.05, 4.69) is 44.2 Å². The molecular formula is C17H18OS. The van der Waals surface area contributed by atoms with Crippen molar-refractivity contribution in [3.63, 3.8) is 0 Å². The first kappa shape index (κ1) is 13.9. The second-order valence-corrected chi connectivity index (χ2v) is 5.79. The molecule has 19 heavy (non-hydrogen) atoms. The van der Waals surface area contributed by atoms with E-state index in [1.54, 1.807) is 11.8 Å². The molecule has 0 aliphatic rings. The Morgan fingerprint density at radius 2 is 1.68 bits per heavy atom. The Morgan fingerprint density at radius 1 is 1.00 bits per heavy atom. The Labute approximate surface area is 119 Å². The molecule has 0 fully saturated rings. The molecule has 0 bridgehead atoms. The molecule has 0 aliphatic heterocycles. The highest BCUT2D eigenvalue weighted by molar-refractivity contribution is 8.00. The topological polar surface area (TPSA) is 17.1 Å². The number of carbonyl (C=O) groups excluding carboxylic acids is 1. The molecule has 0 aliphatic carbocycles. The zero-order valence-electron chi connectivity index (χ0n) is 11.3. The van der Waals surface area contributed by atoms with Crippen molar-refractivity contribution in [2.45, 2.75) is 25.2 Å². The van der Waals surface area contributed by atoms with E-state index in [1.807, 2.05) is 18.2 Å². The van der Waals surface area contributed by atoms with Crippen LogP contribution in [0, 0.1) is 13.8 Å². The molecule has 2 heteroatoms. The third-order valence-corrected chi connectivity index (χ3v) is 4.14. The quantitative estimate of drug-likeness (QED) is 0.757. The van der Waals surface area contributed by atoms with Gasteiger partial charge in [0, 0.05) is 11.3 Å². The van der Waals surface area contributed by atoms with Crippen LogP contribution in [0.5, 0.6) is 0 Å². The lowest BCUT2D eigenvalue weighted by Gasteiger charge is -2.05. The monoisotopic (exact) mass is 270 g/mol. The summed E-state index contributed by atoms with van der Waals surface area (Å²) in [7, 11) is 0. The SMILES string of the molecule is Cc1ccc(SCC(=O)Cc2ccccc2C)cc1. The van der Waals surface area contributed by atoms with Crippen molar-refractivity contribution in [1.82, 2.24) is 0 Å². The summed E-state index contributed by atoms with van der Waals surface area (Å²) in [6, 6.07) is 16.4. The summed E-state index contributed by atoms with van der Waals surface area (Å²) in [6.07, 6.45) is 0.533. The van der Waals surface area contributed by atoms with Crippen LogP contribution < -0.4 is 0 Å². The highest BCUT2D eigenvalue weighted by Gasteiger charge is 2.06. The molecule has 2 aromatic carbocycles. The summed E-state index contributed by atoms with van der Waals surface area (Å²) in [4.78, 5) is 13.1. The van der Waals surface area contributed by atoms with Gasteiger partial charge in [0.15, 0.2) is 0 Å². The van der Waals surface area contributed by atoms with Crippen molar-refractivity contribution >= 4 is 17.5 Å². The number of hydrogen-bond acceptors (Lipinski definition) is 2. The van der Waals surface area contributed by atoms with Crippen LogP contribution in [-0.4, -0.2) is 11.5 Å².